The highest BCUT2D eigenvalue weighted by Crippen LogP contribution is 2.22. The first-order chi connectivity index (χ1) is 9.87. The zero-order chi connectivity index (χ0) is 15.6. The number of hydrogen-bond donors (Lipinski definition) is 2. The number of aliphatic hydroxyl groups excluding tert-OH is 1. The topological polar surface area (TPSA) is 71.3 Å². The maximum atomic E-state index is 13.3. The van der Waals surface area contributed by atoms with Crippen molar-refractivity contribution in [1.82, 2.24) is 4.57 Å². The van der Waals surface area contributed by atoms with Crippen LogP contribution in [0.1, 0.15) is 12.6 Å². The van der Waals surface area contributed by atoms with E-state index in [2.05, 4.69) is 4.72 Å². The zero-order valence-electron chi connectivity index (χ0n) is 11.2. The smallest absolute Gasteiger partial charge is 0.263 e. The van der Waals surface area contributed by atoms with E-state index in [4.69, 9.17) is 11.6 Å². The third-order valence-corrected chi connectivity index (χ3v) is 4.60. The summed E-state index contributed by atoms with van der Waals surface area (Å²) < 4.78 is 41.7. The molecule has 21 heavy (non-hydrogen) atoms. The number of nitrogens with zero attached hydrogens (tertiary/aromatic N) is 1. The number of aryl methyl sites for hydroxylation is 1. The summed E-state index contributed by atoms with van der Waals surface area (Å²) in [5, 5.41) is 9.10. The minimum atomic E-state index is -3.86. The van der Waals surface area contributed by atoms with Crippen LogP contribution in [0.4, 0.5) is 10.1 Å². The molecule has 0 aliphatic heterocycles. The van der Waals surface area contributed by atoms with Gasteiger partial charge in [0.2, 0.25) is 0 Å². The Labute approximate surface area is 127 Å². The van der Waals surface area contributed by atoms with E-state index in [1.807, 2.05) is 6.92 Å². The lowest BCUT2D eigenvalue weighted by molar-refractivity contribution is 0.271. The van der Waals surface area contributed by atoms with Gasteiger partial charge in [-0.1, -0.05) is 11.6 Å². The van der Waals surface area contributed by atoms with Crippen molar-refractivity contribution in [3.8, 4) is 0 Å². The van der Waals surface area contributed by atoms with Crippen molar-refractivity contribution in [2.24, 2.45) is 0 Å². The fourth-order valence-corrected chi connectivity index (χ4v) is 3.10. The van der Waals surface area contributed by atoms with Gasteiger partial charge < -0.3 is 9.67 Å². The number of aromatic nitrogens is 1. The van der Waals surface area contributed by atoms with Crippen LogP contribution < -0.4 is 4.72 Å². The molecule has 0 saturated heterocycles. The lowest BCUT2D eigenvalue weighted by Gasteiger charge is -2.07. The van der Waals surface area contributed by atoms with Gasteiger partial charge in [0.1, 0.15) is 10.7 Å². The van der Waals surface area contributed by atoms with Gasteiger partial charge in [-0.25, -0.2) is 12.8 Å². The minimum absolute atomic E-state index is 0.00348. The molecule has 0 bridgehead atoms. The summed E-state index contributed by atoms with van der Waals surface area (Å²) in [4.78, 5) is 0.00348. The van der Waals surface area contributed by atoms with Crippen LogP contribution in [0.5, 0.6) is 0 Å². The molecule has 5 nitrogen and oxygen atoms in total. The molecule has 1 aromatic carbocycles. The number of halogens is 2. The van der Waals surface area contributed by atoms with Crippen LogP contribution in [0.15, 0.2) is 35.4 Å². The first-order valence-corrected chi connectivity index (χ1v) is 8.01. The number of sulfonamides is 1. The van der Waals surface area contributed by atoms with E-state index in [9.17, 15) is 17.9 Å². The quantitative estimate of drug-likeness (QED) is 0.884. The maximum Gasteiger partial charge on any atom is 0.263 e. The molecule has 0 spiro atoms. The fourth-order valence-electron chi connectivity index (χ4n) is 1.87. The van der Waals surface area contributed by atoms with Crippen LogP contribution in [0, 0.1) is 5.82 Å². The van der Waals surface area contributed by atoms with Crippen molar-refractivity contribution >= 4 is 27.3 Å². The Morgan fingerprint density at radius 1 is 1.38 bits per heavy atom. The normalized spacial score (nSPS) is 11.6. The molecule has 0 saturated carbocycles. The van der Waals surface area contributed by atoms with Crippen LogP contribution >= 0.6 is 11.6 Å². The van der Waals surface area contributed by atoms with E-state index in [-0.39, 0.29) is 22.2 Å². The Morgan fingerprint density at radius 2 is 2.10 bits per heavy atom. The van der Waals surface area contributed by atoms with E-state index in [1.54, 1.807) is 4.57 Å². The standard InChI is InChI=1S/C13H14ClFN2O3S/c1-2-17-7-11(6-10(17)8-18)21(19,20)16-9-3-4-12(14)13(15)5-9/h3-7,16,18H,2,8H2,1H3. The van der Waals surface area contributed by atoms with Gasteiger partial charge in [0.05, 0.1) is 17.3 Å². The van der Waals surface area contributed by atoms with Gasteiger partial charge in [-0.3, -0.25) is 4.72 Å². The summed E-state index contributed by atoms with van der Waals surface area (Å²) in [6.07, 6.45) is 1.42. The molecule has 1 heterocycles. The van der Waals surface area contributed by atoms with Crippen molar-refractivity contribution in [3.05, 3.63) is 47.0 Å². The number of hydrogen-bond acceptors (Lipinski definition) is 3. The predicted molar refractivity (Wildman–Crippen MR) is 78.2 cm³/mol. The van der Waals surface area contributed by atoms with Crippen molar-refractivity contribution < 1.29 is 17.9 Å². The summed E-state index contributed by atoms with van der Waals surface area (Å²) in [5.41, 5.74) is 0.562. The molecule has 2 rings (SSSR count). The number of rotatable bonds is 5. The SMILES string of the molecule is CCn1cc(S(=O)(=O)Nc2ccc(Cl)c(F)c2)cc1CO. The second-order valence-electron chi connectivity index (χ2n) is 4.35. The maximum absolute atomic E-state index is 13.3. The van der Waals surface area contributed by atoms with Crippen LogP contribution in [0.2, 0.25) is 5.02 Å². The molecular formula is C13H14ClFN2O3S. The molecule has 1 aromatic heterocycles. The van der Waals surface area contributed by atoms with Gasteiger partial charge in [0, 0.05) is 18.4 Å². The number of nitrogens with one attached hydrogen (secondary N) is 1. The first kappa shape index (κ1) is 15.8. The van der Waals surface area contributed by atoms with Gasteiger partial charge in [-0.15, -0.1) is 0 Å². The third kappa shape index (κ3) is 3.37. The molecule has 0 radical (unpaired) electrons. The minimum Gasteiger partial charge on any atom is -0.390 e. The molecule has 0 aliphatic rings. The third-order valence-electron chi connectivity index (χ3n) is 2.95. The number of anilines is 1. The summed E-state index contributed by atoms with van der Waals surface area (Å²) in [7, 11) is -3.86. The van der Waals surface area contributed by atoms with Gasteiger partial charge in [0.15, 0.2) is 0 Å². The average molecular weight is 333 g/mol. The van der Waals surface area contributed by atoms with Gasteiger partial charge in [-0.05, 0) is 31.2 Å². The lowest BCUT2D eigenvalue weighted by Crippen LogP contribution is -2.12. The molecular weight excluding hydrogens is 319 g/mol. The summed E-state index contributed by atoms with van der Waals surface area (Å²) in [5.74, 6) is -0.709. The van der Waals surface area contributed by atoms with E-state index >= 15 is 0 Å². The summed E-state index contributed by atoms with van der Waals surface area (Å²) in [6.45, 7) is 2.09. The van der Waals surface area contributed by atoms with Crippen molar-refractivity contribution in [2.75, 3.05) is 4.72 Å². The monoisotopic (exact) mass is 332 g/mol. The summed E-state index contributed by atoms with van der Waals surface area (Å²) >= 11 is 5.55. The second kappa shape index (κ2) is 6.05. The molecule has 114 valence electrons. The van der Waals surface area contributed by atoms with Crippen molar-refractivity contribution in [3.63, 3.8) is 0 Å². The zero-order valence-corrected chi connectivity index (χ0v) is 12.7. The molecule has 0 unspecified atom stereocenters. The Bertz CT molecular complexity index is 737. The second-order valence-corrected chi connectivity index (χ2v) is 6.44. The number of benzene rings is 1. The van der Waals surface area contributed by atoms with Crippen LogP contribution in [-0.4, -0.2) is 18.1 Å². The van der Waals surface area contributed by atoms with E-state index in [1.165, 1.54) is 24.4 Å². The van der Waals surface area contributed by atoms with Gasteiger partial charge in [0.25, 0.3) is 10.0 Å². The molecule has 0 amide bonds. The molecule has 2 N–H and O–H groups in total. The Morgan fingerprint density at radius 3 is 2.62 bits per heavy atom. The first-order valence-electron chi connectivity index (χ1n) is 6.15. The predicted octanol–water partition coefficient (Wildman–Crippen LogP) is 2.59. The van der Waals surface area contributed by atoms with Crippen molar-refractivity contribution in [2.45, 2.75) is 25.0 Å². The molecule has 0 atom stereocenters. The molecule has 8 heteroatoms. The highest BCUT2D eigenvalue weighted by atomic mass is 35.5. The number of aliphatic hydroxyl groups is 1. The Balaban J connectivity index is 2.33. The molecule has 0 fully saturated rings. The molecule has 2 aromatic rings. The molecule has 0 aliphatic carbocycles. The van der Waals surface area contributed by atoms with Crippen LogP contribution in [-0.2, 0) is 23.2 Å². The fraction of sp³-hybridized carbons (Fsp3) is 0.231. The highest BCUT2D eigenvalue weighted by Gasteiger charge is 2.18. The Kier molecular flexibility index (Phi) is 4.55. The Hall–Kier alpha value is -1.57. The lowest BCUT2D eigenvalue weighted by atomic mass is 10.3. The van der Waals surface area contributed by atoms with Crippen LogP contribution in [0.3, 0.4) is 0 Å². The average Bonchev–Trinajstić information content (AvgIpc) is 2.86. The van der Waals surface area contributed by atoms with E-state index in [0.29, 0.717) is 12.2 Å². The van der Waals surface area contributed by atoms with E-state index < -0.39 is 15.8 Å². The van der Waals surface area contributed by atoms with E-state index in [0.717, 1.165) is 6.07 Å². The highest BCUT2D eigenvalue weighted by molar-refractivity contribution is 7.92. The van der Waals surface area contributed by atoms with Gasteiger partial charge in [-0.2, -0.15) is 0 Å². The summed E-state index contributed by atoms with van der Waals surface area (Å²) in [6, 6.07) is 5.01. The van der Waals surface area contributed by atoms with Crippen molar-refractivity contribution in [1.29, 1.82) is 0 Å². The van der Waals surface area contributed by atoms with Crippen LogP contribution in [0.25, 0.3) is 0 Å². The van der Waals surface area contributed by atoms with Gasteiger partial charge >= 0.3 is 0 Å². The largest absolute Gasteiger partial charge is 0.390 e.